The van der Waals surface area contributed by atoms with Crippen LogP contribution in [-0.4, -0.2) is 36.4 Å². The molecule has 0 aliphatic heterocycles. The van der Waals surface area contributed by atoms with E-state index in [2.05, 4.69) is 13.8 Å². The number of phenolic OH excluding ortho intramolecular Hbond substituents is 1. The third-order valence-electron chi connectivity index (χ3n) is 6.94. The van der Waals surface area contributed by atoms with Gasteiger partial charge >= 0.3 is 0 Å². The topological polar surface area (TPSA) is 84.9 Å². The smallest absolute Gasteiger partial charge is 0.175 e. The maximum absolute atomic E-state index is 11.4. The molecule has 0 spiro atoms. The second kappa shape index (κ2) is 20.2. The molecule has 1 aromatic rings. The number of nitrogens with two attached hydrogens (primary N) is 1. The summed E-state index contributed by atoms with van der Waals surface area (Å²) in [4.78, 5) is 16.1. The third-order valence-corrected chi connectivity index (χ3v) is 7.35. The highest BCUT2D eigenvalue weighted by atomic mass is 35.5. The number of halogens is 1. The zero-order valence-electron chi connectivity index (χ0n) is 23.8. The summed E-state index contributed by atoms with van der Waals surface area (Å²) >= 11 is 5.65. The van der Waals surface area contributed by atoms with E-state index in [-0.39, 0.29) is 11.5 Å². The molecular weight excluding hydrogens is 484 g/mol. The van der Waals surface area contributed by atoms with Crippen LogP contribution in [0.15, 0.2) is 34.5 Å². The van der Waals surface area contributed by atoms with Gasteiger partial charge in [-0.25, -0.2) is 0 Å². The average Bonchev–Trinajstić information content (AvgIpc) is 3.36. The highest BCUT2D eigenvalue weighted by Crippen LogP contribution is 2.28. The summed E-state index contributed by atoms with van der Waals surface area (Å²) in [5, 5.41) is 9.62. The van der Waals surface area contributed by atoms with E-state index in [0.717, 1.165) is 68.2 Å². The van der Waals surface area contributed by atoms with Gasteiger partial charge in [0.25, 0.3) is 0 Å². The van der Waals surface area contributed by atoms with E-state index in [9.17, 15) is 4.79 Å². The number of nitrogens with zero attached hydrogens (tertiary/aromatic N) is 1. The molecule has 0 saturated heterocycles. The standard InChI is InChI=1S/C16H26N2O.C8H18O.C7H7ClO/c1-12(19)16(17)14-8-5-9-15(14)18-11-10-13-6-3-2-4-7-13;1-3-5-6-8-9-7-4-2;1-5-6(8)3-2-4-7(5)9/h13H,2-11,17H2,1H3;3-8H2,1-2H3;2-4,9H,1H3/b16-14-,18-15?;;. The Bertz CT molecular complexity index is 819. The Morgan fingerprint density at radius 1 is 1.08 bits per heavy atom. The molecule has 0 bridgehead atoms. The second-order valence-corrected chi connectivity index (χ2v) is 10.5. The number of aliphatic imine (C=N–C) groups is 1. The molecule has 0 atom stereocenters. The van der Waals surface area contributed by atoms with Crippen molar-refractivity contribution in [3.8, 4) is 5.75 Å². The number of unbranched alkanes of at least 4 members (excludes halogenated alkanes) is 2. The highest BCUT2D eigenvalue weighted by Gasteiger charge is 2.20. The fourth-order valence-electron chi connectivity index (χ4n) is 4.56. The van der Waals surface area contributed by atoms with Crippen LogP contribution in [0, 0.1) is 12.8 Å². The van der Waals surface area contributed by atoms with Crippen LogP contribution in [0.1, 0.15) is 110 Å². The fourth-order valence-corrected chi connectivity index (χ4v) is 4.73. The zero-order chi connectivity index (χ0) is 27.5. The monoisotopic (exact) mass is 534 g/mol. The number of rotatable bonds is 10. The van der Waals surface area contributed by atoms with Crippen molar-refractivity contribution < 1.29 is 14.6 Å². The van der Waals surface area contributed by atoms with Gasteiger partial charge in [-0.15, -0.1) is 0 Å². The molecule has 37 heavy (non-hydrogen) atoms. The number of hydrogen-bond donors (Lipinski definition) is 2. The van der Waals surface area contributed by atoms with Gasteiger partial charge in [0.1, 0.15) is 5.75 Å². The van der Waals surface area contributed by atoms with Crippen LogP contribution >= 0.6 is 11.6 Å². The molecular formula is C31H51ClN2O3. The number of Topliss-reactive ketones (excluding diaryl/α,β-unsaturated/α-hetero) is 1. The molecule has 0 unspecified atom stereocenters. The molecule has 2 aliphatic carbocycles. The molecule has 0 radical (unpaired) electrons. The van der Waals surface area contributed by atoms with E-state index in [1.807, 2.05) is 0 Å². The summed E-state index contributed by atoms with van der Waals surface area (Å²) in [6.07, 6.45) is 16.1. The van der Waals surface area contributed by atoms with Crippen LogP contribution in [0.3, 0.4) is 0 Å². The van der Waals surface area contributed by atoms with E-state index >= 15 is 0 Å². The van der Waals surface area contributed by atoms with Gasteiger partial charge in [0.2, 0.25) is 0 Å². The van der Waals surface area contributed by atoms with Crippen LogP contribution in [0.2, 0.25) is 5.02 Å². The van der Waals surface area contributed by atoms with Crippen molar-refractivity contribution in [2.24, 2.45) is 16.6 Å². The molecule has 2 saturated carbocycles. The molecule has 2 aliphatic rings. The minimum atomic E-state index is -0.0168. The molecule has 0 amide bonds. The number of ether oxygens (including phenoxy) is 1. The lowest BCUT2D eigenvalue weighted by Crippen LogP contribution is -2.14. The van der Waals surface area contributed by atoms with Crippen molar-refractivity contribution in [3.63, 3.8) is 0 Å². The Morgan fingerprint density at radius 2 is 1.81 bits per heavy atom. The third kappa shape index (κ3) is 14.0. The van der Waals surface area contributed by atoms with Crippen molar-refractivity contribution in [2.75, 3.05) is 19.8 Å². The first-order valence-electron chi connectivity index (χ1n) is 14.4. The first-order valence-corrected chi connectivity index (χ1v) is 14.7. The maximum Gasteiger partial charge on any atom is 0.175 e. The highest BCUT2D eigenvalue weighted by molar-refractivity contribution is 6.31. The van der Waals surface area contributed by atoms with Crippen molar-refractivity contribution in [2.45, 2.75) is 111 Å². The van der Waals surface area contributed by atoms with Crippen LogP contribution in [0.5, 0.6) is 5.75 Å². The molecule has 6 heteroatoms. The molecule has 3 N–H and O–H groups in total. The van der Waals surface area contributed by atoms with Crippen molar-refractivity contribution in [3.05, 3.63) is 40.1 Å². The van der Waals surface area contributed by atoms with Crippen LogP contribution in [-0.2, 0) is 9.53 Å². The van der Waals surface area contributed by atoms with Gasteiger partial charge in [0.15, 0.2) is 5.78 Å². The second-order valence-electron chi connectivity index (χ2n) is 10.1. The Labute approximate surface area is 230 Å². The first-order chi connectivity index (χ1) is 17.8. The summed E-state index contributed by atoms with van der Waals surface area (Å²) in [6, 6.07) is 5.07. The minimum Gasteiger partial charge on any atom is -0.508 e. The van der Waals surface area contributed by atoms with E-state index in [4.69, 9.17) is 32.2 Å². The van der Waals surface area contributed by atoms with Crippen molar-refractivity contribution >= 4 is 23.1 Å². The van der Waals surface area contributed by atoms with Gasteiger partial charge < -0.3 is 15.6 Å². The van der Waals surface area contributed by atoms with E-state index in [0.29, 0.717) is 10.7 Å². The van der Waals surface area contributed by atoms with Gasteiger partial charge in [-0.1, -0.05) is 76.5 Å². The van der Waals surface area contributed by atoms with Crippen LogP contribution < -0.4 is 5.73 Å². The van der Waals surface area contributed by atoms with Gasteiger partial charge in [-0.3, -0.25) is 9.79 Å². The fraction of sp³-hybridized carbons (Fsp3) is 0.677. The Morgan fingerprint density at radius 3 is 2.41 bits per heavy atom. The Hall–Kier alpha value is -1.85. The normalized spacial score (nSPS) is 18.0. The summed E-state index contributed by atoms with van der Waals surface area (Å²) < 4.78 is 5.28. The lowest BCUT2D eigenvalue weighted by atomic mass is 9.87. The number of carbonyl (C=O) groups is 1. The quantitative estimate of drug-likeness (QED) is 0.233. The van der Waals surface area contributed by atoms with Gasteiger partial charge in [0.05, 0.1) is 5.70 Å². The van der Waals surface area contributed by atoms with Gasteiger partial charge in [-0.2, -0.15) is 0 Å². The predicted octanol–water partition coefficient (Wildman–Crippen LogP) is 8.34. The lowest BCUT2D eigenvalue weighted by Gasteiger charge is -2.20. The summed E-state index contributed by atoms with van der Waals surface area (Å²) in [5.74, 6) is 1.11. The molecule has 3 rings (SSSR count). The van der Waals surface area contributed by atoms with E-state index in [1.54, 1.807) is 32.0 Å². The van der Waals surface area contributed by atoms with Crippen molar-refractivity contribution in [1.29, 1.82) is 0 Å². The zero-order valence-corrected chi connectivity index (χ0v) is 24.5. The summed E-state index contributed by atoms with van der Waals surface area (Å²) in [5.41, 5.74) is 9.17. The van der Waals surface area contributed by atoms with Gasteiger partial charge in [-0.05, 0) is 69.1 Å². The number of benzene rings is 1. The molecule has 2 fully saturated rings. The number of carbonyl (C=O) groups excluding carboxylic acids is 1. The summed E-state index contributed by atoms with van der Waals surface area (Å²) in [7, 11) is 0. The first kappa shape index (κ1) is 33.2. The molecule has 210 valence electrons. The molecule has 0 aromatic heterocycles. The average molecular weight is 535 g/mol. The predicted molar refractivity (Wildman–Crippen MR) is 158 cm³/mol. The molecule has 5 nitrogen and oxygen atoms in total. The Balaban J connectivity index is 0.000000318. The van der Waals surface area contributed by atoms with E-state index < -0.39 is 0 Å². The molecule has 1 aromatic carbocycles. The Kier molecular flexibility index (Phi) is 18.1. The van der Waals surface area contributed by atoms with E-state index in [1.165, 1.54) is 57.8 Å². The summed E-state index contributed by atoms with van der Waals surface area (Å²) in [6.45, 7) is 10.5. The number of phenols is 1. The largest absolute Gasteiger partial charge is 0.508 e. The van der Waals surface area contributed by atoms with Crippen LogP contribution in [0.4, 0.5) is 0 Å². The number of hydrogen-bond acceptors (Lipinski definition) is 5. The SMILES string of the molecule is CC(=O)/C(N)=C1\CCCC1=NCCC1CCCCC1.CCCCCOCCC.Cc1c(O)cccc1Cl. The van der Waals surface area contributed by atoms with Crippen molar-refractivity contribution in [1.82, 2.24) is 0 Å². The maximum atomic E-state index is 11.4. The molecule has 0 heterocycles. The number of aromatic hydroxyl groups is 1. The lowest BCUT2D eigenvalue weighted by molar-refractivity contribution is -0.113. The number of ketones is 1. The minimum absolute atomic E-state index is 0.0168. The number of allylic oxidation sites excluding steroid dienone is 2. The van der Waals surface area contributed by atoms with Crippen LogP contribution in [0.25, 0.3) is 0 Å². The van der Waals surface area contributed by atoms with Gasteiger partial charge in [0, 0.05) is 43.0 Å².